The van der Waals surface area contributed by atoms with Crippen LogP contribution >= 0.6 is 11.3 Å². The Morgan fingerprint density at radius 1 is 1.10 bits per heavy atom. The Bertz CT molecular complexity index is 1210. The molecule has 0 saturated heterocycles. The van der Waals surface area contributed by atoms with Crippen LogP contribution < -0.4 is 15.8 Å². The summed E-state index contributed by atoms with van der Waals surface area (Å²) >= 11 is 1.52. The number of ether oxygens (including phenoxy) is 1. The van der Waals surface area contributed by atoms with Gasteiger partial charge in [-0.3, -0.25) is 4.79 Å². The van der Waals surface area contributed by atoms with Crippen molar-refractivity contribution in [3.05, 3.63) is 87.4 Å². The van der Waals surface area contributed by atoms with E-state index in [-0.39, 0.29) is 6.61 Å². The van der Waals surface area contributed by atoms with Crippen LogP contribution in [0.15, 0.2) is 86.4 Å². The molecule has 29 heavy (non-hydrogen) atoms. The molecule has 0 radical (unpaired) electrons. The number of rotatable bonds is 6. The first-order valence-corrected chi connectivity index (χ1v) is 9.68. The quantitative estimate of drug-likeness (QED) is 0.299. The second-order valence-corrected chi connectivity index (χ2v) is 7.08. The number of nitrogens with zero attached hydrogens (tertiary/aromatic N) is 1. The number of amides is 1. The van der Waals surface area contributed by atoms with Crippen LogP contribution in [0.1, 0.15) is 4.88 Å². The van der Waals surface area contributed by atoms with Crippen molar-refractivity contribution < 1.29 is 13.9 Å². The highest BCUT2D eigenvalue weighted by molar-refractivity contribution is 7.11. The van der Waals surface area contributed by atoms with Crippen molar-refractivity contribution in [1.29, 1.82) is 0 Å². The first-order valence-electron chi connectivity index (χ1n) is 8.80. The normalized spacial score (nSPS) is 11.0. The summed E-state index contributed by atoms with van der Waals surface area (Å²) in [6, 6.07) is 20.0. The van der Waals surface area contributed by atoms with E-state index in [1.165, 1.54) is 17.4 Å². The molecule has 4 rings (SSSR count). The van der Waals surface area contributed by atoms with Crippen LogP contribution in [-0.4, -0.2) is 18.7 Å². The Morgan fingerprint density at radius 2 is 1.97 bits per heavy atom. The van der Waals surface area contributed by atoms with Crippen molar-refractivity contribution in [3.63, 3.8) is 0 Å². The molecule has 144 valence electrons. The van der Waals surface area contributed by atoms with Gasteiger partial charge in [0.15, 0.2) is 6.61 Å². The average molecular weight is 404 g/mol. The van der Waals surface area contributed by atoms with Gasteiger partial charge in [0.2, 0.25) is 0 Å². The molecule has 0 fully saturated rings. The smallest absolute Gasteiger partial charge is 0.336 e. The van der Waals surface area contributed by atoms with Gasteiger partial charge >= 0.3 is 5.63 Å². The molecule has 1 N–H and O–H groups in total. The maximum Gasteiger partial charge on any atom is 0.336 e. The summed E-state index contributed by atoms with van der Waals surface area (Å²) in [7, 11) is 0. The molecular formula is C22H16N2O4S. The lowest BCUT2D eigenvalue weighted by Crippen LogP contribution is -2.24. The van der Waals surface area contributed by atoms with Crippen molar-refractivity contribution in [2.24, 2.45) is 5.10 Å². The van der Waals surface area contributed by atoms with Gasteiger partial charge in [-0.1, -0.05) is 36.4 Å². The number of hydrogen-bond acceptors (Lipinski definition) is 6. The zero-order chi connectivity index (χ0) is 20.1. The molecule has 0 bridgehead atoms. The molecule has 0 atom stereocenters. The highest BCUT2D eigenvalue weighted by Gasteiger charge is 2.10. The fourth-order valence-corrected chi connectivity index (χ4v) is 3.39. The highest BCUT2D eigenvalue weighted by Crippen LogP contribution is 2.29. The van der Waals surface area contributed by atoms with E-state index in [1.807, 2.05) is 53.9 Å². The van der Waals surface area contributed by atoms with E-state index in [0.717, 1.165) is 21.4 Å². The largest absolute Gasteiger partial charge is 0.484 e. The second-order valence-electron chi connectivity index (χ2n) is 6.10. The van der Waals surface area contributed by atoms with Crippen LogP contribution in [0, 0.1) is 0 Å². The summed E-state index contributed by atoms with van der Waals surface area (Å²) < 4.78 is 10.8. The molecule has 0 saturated carbocycles. The minimum absolute atomic E-state index is 0.212. The SMILES string of the molecule is O=C(COc1ccc2c(-c3ccccc3)cc(=O)oc2c1)N/N=C/c1cccs1. The molecule has 0 aliphatic rings. The van der Waals surface area contributed by atoms with Gasteiger partial charge in [0.1, 0.15) is 11.3 Å². The van der Waals surface area contributed by atoms with Gasteiger partial charge in [0, 0.05) is 22.4 Å². The zero-order valence-corrected chi connectivity index (χ0v) is 16.0. The van der Waals surface area contributed by atoms with Crippen LogP contribution in [0.2, 0.25) is 0 Å². The van der Waals surface area contributed by atoms with Crippen LogP contribution in [0.3, 0.4) is 0 Å². The standard InChI is InChI=1S/C22H16N2O4S/c25-21(24-23-13-17-7-4-10-29-17)14-27-16-8-9-18-19(15-5-2-1-3-6-15)12-22(26)28-20(18)11-16/h1-13H,14H2,(H,24,25)/b23-13+. The lowest BCUT2D eigenvalue weighted by atomic mass is 10.0. The highest BCUT2D eigenvalue weighted by atomic mass is 32.1. The van der Waals surface area contributed by atoms with Gasteiger partial charge in [0.25, 0.3) is 5.91 Å². The van der Waals surface area contributed by atoms with Crippen molar-refractivity contribution in [3.8, 4) is 16.9 Å². The van der Waals surface area contributed by atoms with E-state index in [4.69, 9.17) is 9.15 Å². The topological polar surface area (TPSA) is 80.9 Å². The van der Waals surface area contributed by atoms with Crippen LogP contribution in [0.25, 0.3) is 22.1 Å². The van der Waals surface area contributed by atoms with Gasteiger partial charge in [-0.15, -0.1) is 11.3 Å². The zero-order valence-electron chi connectivity index (χ0n) is 15.2. The summed E-state index contributed by atoms with van der Waals surface area (Å²) in [6.45, 7) is -0.212. The number of carbonyl (C=O) groups is 1. The monoisotopic (exact) mass is 404 g/mol. The van der Waals surface area contributed by atoms with Gasteiger partial charge in [-0.2, -0.15) is 5.10 Å². The summed E-state index contributed by atoms with van der Waals surface area (Å²) in [4.78, 5) is 24.8. The predicted molar refractivity (Wildman–Crippen MR) is 113 cm³/mol. The van der Waals surface area contributed by atoms with Gasteiger partial charge in [-0.05, 0) is 34.7 Å². The number of fused-ring (bicyclic) bond motifs is 1. The molecule has 7 heteroatoms. The summed E-state index contributed by atoms with van der Waals surface area (Å²) in [5.41, 5.74) is 4.05. The van der Waals surface area contributed by atoms with Gasteiger partial charge in [-0.25, -0.2) is 10.2 Å². The third-order valence-electron chi connectivity index (χ3n) is 4.09. The van der Waals surface area contributed by atoms with Crippen molar-refractivity contribution in [1.82, 2.24) is 5.43 Å². The molecule has 0 aliphatic carbocycles. The fourth-order valence-electron chi connectivity index (χ4n) is 2.80. The predicted octanol–water partition coefficient (Wildman–Crippen LogP) is 4.05. The molecule has 2 heterocycles. The van der Waals surface area contributed by atoms with Crippen molar-refractivity contribution >= 4 is 34.4 Å². The first-order chi connectivity index (χ1) is 14.2. The summed E-state index contributed by atoms with van der Waals surface area (Å²) in [5, 5.41) is 6.59. The van der Waals surface area contributed by atoms with Crippen molar-refractivity contribution in [2.75, 3.05) is 6.61 Å². The molecule has 2 aromatic carbocycles. The molecule has 0 aliphatic heterocycles. The Kier molecular flexibility index (Phi) is 5.49. The van der Waals surface area contributed by atoms with E-state index in [1.54, 1.807) is 18.3 Å². The summed E-state index contributed by atoms with van der Waals surface area (Å²) in [5.74, 6) is 0.0284. The first kappa shape index (κ1) is 18.6. The minimum Gasteiger partial charge on any atom is -0.484 e. The van der Waals surface area contributed by atoms with Crippen molar-refractivity contribution in [2.45, 2.75) is 0 Å². The van der Waals surface area contributed by atoms with Crippen LogP contribution in [0.5, 0.6) is 5.75 Å². The third-order valence-corrected chi connectivity index (χ3v) is 4.90. The molecule has 0 spiro atoms. The fraction of sp³-hybridized carbons (Fsp3) is 0.0455. The Hall–Kier alpha value is -3.71. The average Bonchev–Trinajstić information content (AvgIpc) is 3.25. The minimum atomic E-state index is -0.450. The Morgan fingerprint density at radius 3 is 2.76 bits per heavy atom. The third kappa shape index (κ3) is 4.59. The number of hydrogen-bond donors (Lipinski definition) is 1. The molecule has 0 unspecified atom stereocenters. The van der Waals surface area contributed by atoms with Crippen LogP contribution in [0.4, 0.5) is 0 Å². The molecule has 6 nitrogen and oxygen atoms in total. The van der Waals surface area contributed by atoms with E-state index in [9.17, 15) is 9.59 Å². The number of benzene rings is 2. The maximum atomic E-state index is 12.0. The van der Waals surface area contributed by atoms with E-state index in [0.29, 0.717) is 11.3 Å². The van der Waals surface area contributed by atoms with E-state index < -0.39 is 11.5 Å². The lowest BCUT2D eigenvalue weighted by molar-refractivity contribution is -0.123. The molecule has 4 aromatic rings. The van der Waals surface area contributed by atoms with Gasteiger partial charge < -0.3 is 9.15 Å². The van der Waals surface area contributed by atoms with E-state index in [2.05, 4.69) is 10.5 Å². The number of hydrazone groups is 1. The lowest BCUT2D eigenvalue weighted by Gasteiger charge is -2.08. The number of nitrogens with one attached hydrogen (secondary N) is 1. The van der Waals surface area contributed by atoms with Crippen LogP contribution in [-0.2, 0) is 4.79 Å². The number of thiophene rings is 1. The second kappa shape index (κ2) is 8.53. The molecule has 1 amide bonds. The summed E-state index contributed by atoms with van der Waals surface area (Å²) in [6.07, 6.45) is 1.57. The Balaban J connectivity index is 1.48. The maximum absolute atomic E-state index is 12.0. The molecular weight excluding hydrogens is 388 g/mol. The van der Waals surface area contributed by atoms with Gasteiger partial charge in [0.05, 0.1) is 6.21 Å². The number of carbonyl (C=O) groups excluding carboxylic acids is 1. The van der Waals surface area contributed by atoms with E-state index >= 15 is 0 Å². The molecule has 2 aromatic heterocycles. The Labute approximate surface area is 170 Å².